The number of hydrogen-bond acceptors (Lipinski definition) is 4. The van der Waals surface area contributed by atoms with Crippen LogP contribution in [-0.2, 0) is 19.3 Å². The fourth-order valence-electron chi connectivity index (χ4n) is 3.49. The zero-order valence-corrected chi connectivity index (χ0v) is 17.3. The zero-order chi connectivity index (χ0) is 22.0. The summed E-state index contributed by atoms with van der Waals surface area (Å²) in [7, 11) is 0. The molecule has 2 aromatic heterocycles. The van der Waals surface area contributed by atoms with Crippen molar-refractivity contribution in [1.29, 1.82) is 0 Å². The zero-order valence-electron chi connectivity index (χ0n) is 16.5. The van der Waals surface area contributed by atoms with Crippen molar-refractivity contribution in [3.05, 3.63) is 75.5 Å². The van der Waals surface area contributed by atoms with Gasteiger partial charge in [-0.2, -0.15) is 18.3 Å². The lowest BCUT2D eigenvalue weighted by molar-refractivity contribution is -0.141. The molecule has 0 aliphatic carbocycles. The van der Waals surface area contributed by atoms with E-state index in [1.54, 1.807) is 34.5 Å². The fourth-order valence-corrected chi connectivity index (χ4v) is 4.36. The number of halogens is 4. The molecule has 10 heteroatoms. The van der Waals surface area contributed by atoms with Crippen LogP contribution in [0.5, 0.6) is 0 Å². The molecule has 4 rings (SSSR count). The molecular formula is C21H20F4N4OS. The van der Waals surface area contributed by atoms with E-state index in [2.05, 4.69) is 10.00 Å². The van der Waals surface area contributed by atoms with E-state index in [1.807, 2.05) is 0 Å². The van der Waals surface area contributed by atoms with Crippen LogP contribution in [0.15, 0.2) is 48.0 Å². The van der Waals surface area contributed by atoms with E-state index in [1.165, 1.54) is 28.3 Å². The van der Waals surface area contributed by atoms with Crippen LogP contribution in [0, 0.1) is 5.82 Å². The molecule has 0 saturated carbocycles. The van der Waals surface area contributed by atoms with Crippen molar-refractivity contribution in [3.8, 4) is 0 Å². The Hall–Kier alpha value is -2.72. The Kier molecular flexibility index (Phi) is 6.10. The van der Waals surface area contributed by atoms with Gasteiger partial charge in [-0.3, -0.25) is 14.4 Å². The van der Waals surface area contributed by atoms with E-state index in [0.29, 0.717) is 43.2 Å². The summed E-state index contributed by atoms with van der Waals surface area (Å²) >= 11 is 1.27. The summed E-state index contributed by atoms with van der Waals surface area (Å²) in [5.41, 5.74) is 0.424. The van der Waals surface area contributed by atoms with Crippen molar-refractivity contribution >= 4 is 17.2 Å². The maximum atomic E-state index is 13.8. The normalized spacial score (nSPS) is 15.4. The Balaban J connectivity index is 1.32. The van der Waals surface area contributed by atoms with Crippen LogP contribution in [0.25, 0.3) is 0 Å². The second-order valence-corrected chi connectivity index (χ2v) is 8.29. The average molecular weight is 452 g/mol. The van der Waals surface area contributed by atoms with Gasteiger partial charge >= 0.3 is 6.18 Å². The molecule has 1 aliphatic heterocycles. The molecule has 1 saturated heterocycles. The molecule has 1 aromatic carbocycles. The number of carbonyl (C=O) groups excluding carboxylic acids is 1. The Morgan fingerprint density at radius 2 is 1.81 bits per heavy atom. The van der Waals surface area contributed by atoms with Crippen molar-refractivity contribution in [2.45, 2.75) is 19.3 Å². The summed E-state index contributed by atoms with van der Waals surface area (Å²) in [6.07, 6.45) is -3.20. The number of amides is 1. The highest BCUT2D eigenvalue weighted by Gasteiger charge is 2.33. The lowest BCUT2D eigenvalue weighted by Crippen LogP contribution is -2.48. The first-order valence-electron chi connectivity index (χ1n) is 9.73. The van der Waals surface area contributed by atoms with Crippen LogP contribution < -0.4 is 0 Å². The van der Waals surface area contributed by atoms with Crippen molar-refractivity contribution in [1.82, 2.24) is 19.6 Å². The van der Waals surface area contributed by atoms with Gasteiger partial charge < -0.3 is 4.90 Å². The topological polar surface area (TPSA) is 41.4 Å². The monoisotopic (exact) mass is 452 g/mol. The molecule has 3 heterocycles. The van der Waals surface area contributed by atoms with E-state index >= 15 is 0 Å². The summed E-state index contributed by atoms with van der Waals surface area (Å²) in [4.78, 5) is 17.2. The third-order valence-corrected chi connectivity index (χ3v) is 6.12. The highest BCUT2D eigenvalue weighted by molar-refractivity contribution is 7.12. The fraction of sp³-hybridized carbons (Fsp3) is 0.333. The van der Waals surface area contributed by atoms with E-state index in [-0.39, 0.29) is 18.3 Å². The van der Waals surface area contributed by atoms with Gasteiger partial charge in [-0.25, -0.2) is 4.39 Å². The first-order valence-corrected chi connectivity index (χ1v) is 10.6. The third-order valence-electron chi connectivity index (χ3n) is 5.15. The van der Waals surface area contributed by atoms with Gasteiger partial charge in [0, 0.05) is 44.5 Å². The Labute approximate surface area is 180 Å². The molecule has 0 N–H and O–H groups in total. The molecular weight excluding hydrogens is 432 g/mol. The average Bonchev–Trinajstić information content (AvgIpc) is 3.40. The summed E-state index contributed by atoms with van der Waals surface area (Å²) in [6.45, 7) is 3.03. The van der Waals surface area contributed by atoms with Gasteiger partial charge in [0.25, 0.3) is 5.91 Å². The van der Waals surface area contributed by atoms with Crippen LogP contribution in [0.1, 0.15) is 26.5 Å². The van der Waals surface area contributed by atoms with Gasteiger partial charge in [-0.1, -0.05) is 18.2 Å². The Bertz CT molecular complexity index is 1050. The molecule has 5 nitrogen and oxygen atoms in total. The van der Waals surface area contributed by atoms with Crippen molar-refractivity contribution in [2.75, 3.05) is 26.2 Å². The molecule has 164 valence electrons. The maximum Gasteiger partial charge on any atom is 0.435 e. The van der Waals surface area contributed by atoms with E-state index in [0.717, 1.165) is 11.6 Å². The van der Waals surface area contributed by atoms with Crippen molar-refractivity contribution < 1.29 is 22.4 Å². The number of benzene rings is 1. The van der Waals surface area contributed by atoms with E-state index in [9.17, 15) is 22.4 Å². The molecule has 3 aromatic rings. The minimum absolute atomic E-state index is 0.0989. The number of carbonyl (C=O) groups is 1. The Morgan fingerprint density at radius 1 is 1.06 bits per heavy atom. The summed E-state index contributed by atoms with van der Waals surface area (Å²) in [6, 6.07) is 9.30. The molecule has 0 bridgehead atoms. The van der Waals surface area contributed by atoms with Gasteiger partial charge in [-0.15, -0.1) is 11.3 Å². The first kappa shape index (κ1) is 21.5. The number of alkyl halides is 3. The van der Waals surface area contributed by atoms with Gasteiger partial charge in [-0.05, 0) is 29.1 Å². The number of thiophene rings is 1. The minimum Gasteiger partial charge on any atom is -0.335 e. The Morgan fingerprint density at radius 3 is 2.48 bits per heavy atom. The number of hydrogen-bond donors (Lipinski definition) is 0. The predicted octanol–water partition coefficient (Wildman–Crippen LogP) is 4.11. The lowest BCUT2D eigenvalue weighted by Gasteiger charge is -2.34. The molecule has 1 amide bonds. The smallest absolute Gasteiger partial charge is 0.335 e. The third kappa shape index (κ3) is 5.13. The van der Waals surface area contributed by atoms with E-state index in [4.69, 9.17) is 0 Å². The standard InChI is InChI=1S/C21H20F4N4OS/c22-17-4-2-1-3-16(17)13-27-7-9-28(10-8-27)20(30)18-11-15(14-31-18)12-29-6-5-19(26-29)21(23,24)25/h1-6,11,14H,7-10,12-13H2. The highest BCUT2D eigenvalue weighted by Crippen LogP contribution is 2.27. The first-order chi connectivity index (χ1) is 14.8. The summed E-state index contributed by atoms with van der Waals surface area (Å²) < 4.78 is 53.1. The van der Waals surface area contributed by atoms with Crippen LogP contribution >= 0.6 is 11.3 Å². The van der Waals surface area contributed by atoms with Crippen LogP contribution in [0.3, 0.4) is 0 Å². The molecule has 0 unspecified atom stereocenters. The van der Waals surface area contributed by atoms with Crippen LogP contribution in [-0.4, -0.2) is 51.7 Å². The maximum absolute atomic E-state index is 13.8. The van der Waals surface area contributed by atoms with Crippen molar-refractivity contribution in [2.24, 2.45) is 0 Å². The summed E-state index contributed by atoms with van der Waals surface area (Å²) in [5, 5.41) is 5.30. The second kappa shape index (κ2) is 8.80. The van der Waals surface area contributed by atoms with Crippen LogP contribution in [0.4, 0.5) is 17.6 Å². The number of rotatable bonds is 5. The lowest BCUT2D eigenvalue weighted by atomic mass is 10.2. The van der Waals surface area contributed by atoms with Gasteiger partial charge in [0.15, 0.2) is 5.69 Å². The SMILES string of the molecule is O=C(c1cc(Cn2ccc(C(F)(F)F)n2)cs1)N1CCN(Cc2ccccc2F)CC1. The van der Waals surface area contributed by atoms with Crippen LogP contribution in [0.2, 0.25) is 0 Å². The number of aromatic nitrogens is 2. The summed E-state index contributed by atoms with van der Waals surface area (Å²) in [5.74, 6) is -0.329. The van der Waals surface area contributed by atoms with Crippen molar-refractivity contribution in [3.63, 3.8) is 0 Å². The molecule has 0 atom stereocenters. The minimum atomic E-state index is -4.48. The number of piperazine rings is 1. The quantitative estimate of drug-likeness (QED) is 0.548. The molecule has 0 spiro atoms. The second-order valence-electron chi connectivity index (χ2n) is 7.38. The predicted molar refractivity (Wildman–Crippen MR) is 108 cm³/mol. The van der Waals surface area contributed by atoms with Gasteiger partial charge in [0.2, 0.25) is 0 Å². The number of nitrogens with zero attached hydrogens (tertiary/aromatic N) is 4. The largest absolute Gasteiger partial charge is 0.435 e. The molecule has 1 fully saturated rings. The highest BCUT2D eigenvalue weighted by atomic mass is 32.1. The molecule has 31 heavy (non-hydrogen) atoms. The molecule has 1 aliphatic rings. The van der Waals surface area contributed by atoms with Gasteiger partial charge in [0.1, 0.15) is 5.82 Å². The van der Waals surface area contributed by atoms with Gasteiger partial charge in [0.05, 0.1) is 11.4 Å². The van der Waals surface area contributed by atoms with E-state index < -0.39 is 11.9 Å². The molecule has 0 radical (unpaired) electrons.